The quantitative estimate of drug-likeness (QED) is 0.793. The Labute approximate surface area is 120 Å². The maximum absolute atomic E-state index is 12.2. The van der Waals surface area contributed by atoms with Gasteiger partial charge in [0.25, 0.3) is 5.91 Å². The number of para-hydroxylation sites is 1. The SMILES string of the molecule is O=C(O)CSC[C@@H]1NC(=S)N(c2ccccc2)C1=O. The molecule has 0 bridgehead atoms. The molecule has 1 aromatic carbocycles. The Kier molecular flexibility index (Phi) is 4.39. The first-order chi connectivity index (χ1) is 9.09. The van der Waals surface area contributed by atoms with E-state index in [1.165, 1.54) is 16.7 Å². The third-order valence-corrected chi connectivity index (χ3v) is 3.86. The van der Waals surface area contributed by atoms with Crippen molar-refractivity contribution in [2.75, 3.05) is 16.4 Å². The third kappa shape index (κ3) is 3.24. The molecule has 7 heteroatoms. The molecule has 1 atom stereocenters. The average Bonchev–Trinajstić information content (AvgIpc) is 2.65. The highest BCUT2D eigenvalue weighted by molar-refractivity contribution is 8.00. The number of thiocarbonyl (C=S) groups is 1. The van der Waals surface area contributed by atoms with Gasteiger partial charge in [-0.15, -0.1) is 11.8 Å². The van der Waals surface area contributed by atoms with Crippen molar-refractivity contribution in [2.24, 2.45) is 0 Å². The summed E-state index contributed by atoms with van der Waals surface area (Å²) in [7, 11) is 0. The van der Waals surface area contributed by atoms with E-state index in [9.17, 15) is 9.59 Å². The van der Waals surface area contributed by atoms with E-state index in [-0.39, 0.29) is 11.7 Å². The fourth-order valence-electron chi connectivity index (χ4n) is 1.73. The van der Waals surface area contributed by atoms with E-state index < -0.39 is 12.0 Å². The number of hydrogen-bond donors (Lipinski definition) is 2. The molecule has 1 amide bonds. The monoisotopic (exact) mass is 296 g/mol. The summed E-state index contributed by atoms with van der Waals surface area (Å²) in [5, 5.41) is 11.9. The van der Waals surface area contributed by atoms with Crippen molar-refractivity contribution in [3.63, 3.8) is 0 Å². The van der Waals surface area contributed by atoms with E-state index in [0.29, 0.717) is 10.9 Å². The van der Waals surface area contributed by atoms with E-state index in [2.05, 4.69) is 5.32 Å². The van der Waals surface area contributed by atoms with E-state index in [1.807, 2.05) is 18.2 Å². The molecule has 1 aliphatic rings. The van der Waals surface area contributed by atoms with Crippen molar-refractivity contribution in [1.29, 1.82) is 0 Å². The van der Waals surface area contributed by atoms with Crippen LogP contribution in [0, 0.1) is 0 Å². The maximum Gasteiger partial charge on any atom is 0.313 e. The fourth-order valence-corrected chi connectivity index (χ4v) is 2.82. The third-order valence-electron chi connectivity index (χ3n) is 2.54. The molecule has 1 saturated heterocycles. The minimum atomic E-state index is -0.891. The van der Waals surface area contributed by atoms with Gasteiger partial charge in [-0.1, -0.05) is 18.2 Å². The number of aliphatic carboxylic acids is 1. The summed E-state index contributed by atoms with van der Waals surface area (Å²) in [6.45, 7) is 0. The number of thioether (sulfide) groups is 1. The van der Waals surface area contributed by atoms with Crippen LogP contribution in [0.1, 0.15) is 0 Å². The molecule has 1 heterocycles. The Bertz CT molecular complexity index is 507. The lowest BCUT2D eigenvalue weighted by Gasteiger charge is -2.14. The van der Waals surface area contributed by atoms with Crippen molar-refractivity contribution in [1.82, 2.24) is 5.32 Å². The Morgan fingerprint density at radius 1 is 1.42 bits per heavy atom. The minimum Gasteiger partial charge on any atom is -0.481 e. The molecule has 0 unspecified atom stereocenters. The molecule has 0 saturated carbocycles. The number of carboxylic acids is 1. The summed E-state index contributed by atoms with van der Waals surface area (Å²) in [6.07, 6.45) is 0. The van der Waals surface area contributed by atoms with Crippen molar-refractivity contribution >= 4 is 46.7 Å². The first kappa shape index (κ1) is 13.8. The number of hydrogen-bond acceptors (Lipinski definition) is 4. The lowest BCUT2D eigenvalue weighted by Crippen LogP contribution is -2.32. The average molecular weight is 296 g/mol. The number of carbonyl (C=O) groups is 2. The van der Waals surface area contributed by atoms with Crippen molar-refractivity contribution in [3.8, 4) is 0 Å². The van der Waals surface area contributed by atoms with Gasteiger partial charge in [0, 0.05) is 5.75 Å². The van der Waals surface area contributed by atoms with Crippen LogP contribution in [-0.2, 0) is 9.59 Å². The van der Waals surface area contributed by atoms with Crippen LogP contribution in [0.25, 0.3) is 0 Å². The zero-order chi connectivity index (χ0) is 13.8. The number of benzene rings is 1. The van der Waals surface area contributed by atoms with Gasteiger partial charge < -0.3 is 10.4 Å². The normalized spacial score (nSPS) is 18.5. The molecule has 0 radical (unpaired) electrons. The summed E-state index contributed by atoms with van der Waals surface area (Å²) in [5.74, 6) is -0.676. The number of carboxylic acid groups (broad SMARTS) is 1. The number of amides is 1. The molecule has 19 heavy (non-hydrogen) atoms. The number of carbonyl (C=O) groups excluding carboxylic acids is 1. The fraction of sp³-hybridized carbons (Fsp3) is 0.250. The number of anilines is 1. The molecule has 1 fully saturated rings. The number of nitrogens with one attached hydrogen (secondary N) is 1. The molecule has 5 nitrogen and oxygen atoms in total. The first-order valence-corrected chi connectivity index (χ1v) is 7.15. The van der Waals surface area contributed by atoms with Crippen LogP contribution < -0.4 is 10.2 Å². The van der Waals surface area contributed by atoms with Gasteiger partial charge in [0.1, 0.15) is 6.04 Å². The Morgan fingerprint density at radius 3 is 2.74 bits per heavy atom. The second kappa shape index (κ2) is 6.03. The minimum absolute atomic E-state index is 0.0242. The zero-order valence-corrected chi connectivity index (χ0v) is 11.5. The molecule has 0 aromatic heterocycles. The van der Waals surface area contributed by atoms with E-state index >= 15 is 0 Å². The molecule has 0 aliphatic carbocycles. The van der Waals surface area contributed by atoms with Crippen LogP contribution in [0.5, 0.6) is 0 Å². The van der Waals surface area contributed by atoms with Crippen LogP contribution in [0.3, 0.4) is 0 Å². The Hall–Kier alpha value is -1.60. The van der Waals surface area contributed by atoms with Gasteiger partial charge in [0.2, 0.25) is 0 Å². The van der Waals surface area contributed by atoms with Crippen LogP contribution in [0.4, 0.5) is 5.69 Å². The zero-order valence-electron chi connectivity index (χ0n) is 9.91. The summed E-state index contributed by atoms with van der Waals surface area (Å²) < 4.78 is 0. The maximum atomic E-state index is 12.2. The summed E-state index contributed by atoms with van der Waals surface area (Å²) in [5.41, 5.74) is 0.718. The van der Waals surface area contributed by atoms with Gasteiger partial charge in [0.05, 0.1) is 11.4 Å². The lowest BCUT2D eigenvalue weighted by molar-refractivity contribution is -0.134. The molecule has 2 rings (SSSR count). The first-order valence-electron chi connectivity index (χ1n) is 5.58. The summed E-state index contributed by atoms with van der Waals surface area (Å²) >= 11 is 6.34. The van der Waals surface area contributed by atoms with Gasteiger partial charge in [-0.3, -0.25) is 14.5 Å². The number of nitrogens with zero attached hydrogens (tertiary/aromatic N) is 1. The second-order valence-electron chi connectivity index (χ2n) is 3.92. The Balaban J connectivity index is 2.03. The second-order valence-corrected chi connectivity index (χ2v) is 5.34. The van der Waals surface area contributed by atoms with Crippen molar-refractivity contribution in [2.45, 2.75) is 6.04 Å². The highest BCUT2D eigenvalue weighted by atomic mass is 32.2. The van der Waals surface area contributed by atoms with Gasteiger partial charge in [0.15, 0.2) is 5.11 Å². The topological polar surface area (TPSA) is 69.6 Å². The van der Waals surface area contributed by atoms with Crippen molar-refractivity contribution < 1.29 is 14.7 Å². The molecule has 1 aromatic rings. The van der Waals surface area contributed by atoms with E-state index in [1.54, 1.807) is 12.1 Å². The molecule has 100 valence electrons. The summed E-state index contributed by atoms with van der Waals surface area (Å²) in [6, 6.07) is 8.67. The standard InChI is InChI=1S/C12H12N2O3S2/c15-10(16)7-19-6-9-11(17)14(12(18)13-9)8-4-2-1-3-5-8/h1-5,9H,6-7H2,(H,13,18)(H,15,16)/t9-/m0/s1. The van der Waals surface area contributed by atoms with Crippen LogP contribution in [-0.4, -0.2) is 39.6 Å². The van der Waals surface area contributed by atoms with Crippen LogP contribution in [0.2, 0.25) is 0 Å². The van der Waals surface area contributed by atoms with Crippen LogP contribution >= 0.6 is 24.0 Å². The lowest BCUT2D eigenvalue weighted by atomic mass is 10.3. The number of rotatable bonds is 5. The van der Waals surface area contributed by atoms with E-state index in [0.717, 1.165) is 5.69 Å². The Morgan fingerprint density at radius 2 is 2.11 bits per heavy atom. The molecule has 1 aliphatic heterocycles. The smallest absolute Gasteiger partial charge is 0.313 e. The van der Waals surface area contributed by atoms with Gasteiger partial charge >= 0.3 is 5.97 Å². The van der Waals surface area contributed by atoms with Gasteiger partial charge in [-0.05, 0) is 24.4 Å². The molecular weight excluding hydrogens is 284 g/mol. The predicted octanol–water partition coefficient (Wildman–Crippen LogP) is 1.09. The van der Waals surface area contributed by atoms with Crippen LogP contribution in [0.15, 0.2) is 30.3 Å². The molecule has 2 N–H and O–H groups in total. The van der Waals surface area contributed by atoms with Crippen molar-refractivity contribution in [3.05, 3.63) is 30.3 Å². The summed E-state index contributed by atoms with van der Waals surface area (Å²) in [4.78, 5) is 24.1. The molecular formula is C12H12N2O3S2. The molecule has 0 spiro atoms. The highest BCUT2D eigenvalue weighted by Gasteiger charge is 2.36. The van der Waals surface area contributed by atoms with E-state index in [4.69, 9.17) is 17.3 Å². The highest BCUT2D eigenvalue weighted by Crippen LogP contribution is 2.20. The predicted molar refractivity (Wildman–Crippen MR) is 78.4 cm³/mol. The van der Waals surface area contributed by atoms with Gasteiger partial charge in [-0.25, -0.2) is 0 Å². The largest absolute Gasteiger partial charge is 0.481 e. The van der Waals surface area contributed by atoms with Gasteiger partial charge in [-0.2, -0.15) is 0 Å².